The van der Waals surface area contributed by atoms with Gasteiger partial charge >= 0.3 is 0 Å². The molecule has 100 valence electrons. The minimum absolute atomic E-state index is 0.207. The van der Waals surface area contributed by atoms with Gasteiger partial charge in [-0.2, -0.15) is 5.10 Å². The van der Waals surface area contributed by atoms with Crippen LogP contribution < -0.4 is 0 Å². The Morgan fingerprint density at radius 3 is 2.50 bits per heavy atom. The van der Waals surface area contributed by atoms with Gasteiger partial charge in [0.05, 0.1) is 11.3 Å². The van der Waals surface area contributed by atoms with Crippen molar-refractivity contribution in [2.24, 2.45) is 24.8 Å². The highest BCUT2D eigenvalue weighted by Gasteiger charge is 2.31. The fourth-order valence-electron chi connectivity index (χ4n) is 3.38. The standard InChI is InChI=1S/C15H24N2O/c1-5-14-13(9-17(4)16-14)15(18)12-7-10(2)6-11(3)8-12/h9-12H,5-8H2,1-4H3. The molecule has 1 fully saturated rings. The van der Waals surface area contributed by atoms with Gasteiger partial charge < -0.3 is 0 Å². The van der Waals surface area contributed by atoms with Crippen LogP contribution in [0.4, 0.5) is 0 Å². The molecule has 1 saturated carbocycles. The van der Waals surface area contributed by atoms with Crippen LogP contribution in [-0.2, 0) is 13.5 Å². The molecule has 3 heteroatoms. The summed E-state index contributed by atoms with van der Waals surface area (Å²) in [5.41, 5.74) is 1.81. The lowest BCUT2D eigenvalue weighted by Crippen LogP contribution is -2.26. The summed E-state index contributed by atoms with van der Waals surface area (Å²) in [7, 11) is 1.89. The van der Waals surface area contributed by atoms with Crippen molar-refractivity contribution in [2.75, 3.05) is 0 Å². The fraction of sp³-hybridized carbons (Fsp3) is 0.733. The number of nitrogens with zero attached hydrogens (tertiary/aromatic N) is 2. The van der Waals surface area contributed by atoms with Crippen LogP contribution in [0.25, 0.3) is 0 Å². The summed E-state index contributed by atoms with van der Waals surface area (Å²) in [6.45, 7) is 6.59. The van der Waals surface area contributed by atoms with E-state index in [0.29, 0.717) is 17.6 Å². The van der Waals surface area contributed by atoms with Gasteiger partial charge in [0, 0.05) is 19.2 Å². The molecule has 18 heavy (non-hydrogen) atoms. The molecule has 0 amide bonds. The van der Waals surface area contributed by atoms with Crippen molar-refractivity contribution in [1.29, 1.82) is 0 Å². The van der Waals surface area contributed by atoms with Gasteiger partial charge in [-0.05, 0) is 37.5 Å². The monoisotopic (exact) mass is 248 g/mol. The van der Waals surface area contributed by atoms with Crippen molar-refractivity contribution in [2.45, 2.75) is 46.5 Å². The zero-order chi connectivity index (χ0) is 13.3. The number of hydrogen-bond donors (Lipinski definition) is 0. The minimum atomic E-state index is 0.207. The second-order valence-corrected chi connectivity index (χ2v) is 6.00. The zero-order valence-corrected chi connectivity index (χ0v) is 11.9. The third-order valence-corrected chi connectivity index (χ3v) is 4.05. The second-order valence-electron chi connectivity index (χ2n) is 6.00. The van der Waals surface area contributed by atoms with E-state index in [-0.39, 0.29) is 5.92 Å². The Morgan fingerprint density at radius 1 is 1.33 bits per heavy atom. The molecule has 0 spiro atoms. The number of carbonyl (C=O) groups is 1. The van der Waals surface area contributed by atoms with Gasteiger partial charge in [-0.3, -0.25) is 9.48 Å². The molecular weight excluding hydrogens is 224 g/mol. The Hall–Kier alpha value is -1.12. The van der Waals surface area contributed by atoms with Crippen molar-refractivity contribution in [3.05, 3.63) is 17.5 Å². The van der Waals surface area contributed by atoms with Gasteiger partial charge in [0.25, 0.3) is 0 Å². The number of Topliss-reactive ketones (excluding diaryl/α,β-unsaturated/α-hetero) is 1. The highest BCUT2D eigenvalue weighted by Crippen LogP contribution is 2.35. The molecule has 1 aromatic heterocycles. The predicted molar refractivity (Wildman–Crippen MR) is 72.6 cm³/mol. The Morgan fingerprint density at radius 2 is 1.94 bits per heavy atom. The Labute approximate surface area is 110 Å². The van der Waals surface area contributed by atoms with E-state index in [1.165, 1.54) is 6.42 Å². The quantitative estimate of drug-likeness (QED) is 0.770. The third-order valence-electron chi connectivity index (χ3n) is 4.05. The van der Waals surface area contributed by atoms with Crippen molar-refractivity contribution in [1.82, 2.24) is 9.78 Å². The fourth-order valence-corrected chi connectivity index (χ4v) is 3.38. The number of aromatic nitrogens is 2. The van der Waals surface area contributed by atoms with Crippen LogP contribution in [0, 0.1) is 17.8 Å². The lowest BCUT2D eigenvalue weighted by atomic mass is 9.74. The van der Waals surface area contributed by atoms with Gasteiger partial charge in [-0.1, -0.05) is 20.8 Å². The smallest absolute Gasteiger partial charge is 0.169 e. The molecule has 1 aromatic rings. The molecule has 2 rings (SSSR count). The summed E-state index contributed by atoms with van der Waals surface area (Å²) < 4.78 is 1.77. The van der Waals surface area contributed by atoms with E-state index in [1.54, 1.807) is 4.68 Å². The van der Waals surface area contributed by atoms with E-state index in [2.05, 4.69) is 25.9 Å². The molecule has 0 radical (unpaired) electrons. The molecule has 3 nitrogen and oxygen atoms in total. The van der Waals surface area contributed by atoms with Crippen molar-refractivity contribution in [3.63, 3.8) is 0 Å². The Bertz CT molecular complexity index is 426. The van der Waals surface area contributed by atoms with Gasteiger partial charge in [0.15, 0.2) is 5.78 Å². The lowest BCUT2D eigenvalue weighted by Gasteiger charge is -2.30. The van der Waals surface area contributed by atoms with Crippen LogP contribution in [0.5, 0.6) is 0 Å². The number of aryl methyl sites for hydroxylation is 2. The molecule has 2 atom stereocenters. The second kappa shape index (κ2) is 5.25. The van der Waals surface area contributed by atoms with E-state index < -0.39 is 0 Å². The van der Waals surface area contributed by atoms with E-state index >= 15 is 0 Å². The van der Waals surface area contributed by atoms with Crippen molar-refractivity contribution < 1.29 is 4.79 Å². The first-order valence-corrected chi connectivity index (χ1v) is 7.08. The predicted octanol–water partition coefficient (Wildman–Crippen LogP) is 3.24. The maximum Gasteiger partial charge on any atom is 0.169 e. The van der Waals surface area contributed by atoms with Crippen LogP contribution >= 0.6 is 0 Å². The molecule has 1 aliphatic rings. The molecular formula is C15H24N2O. The van der Waals surface area contributed by atoms with E-state index in [1.807, 2.05) is 13.2 Å². The molecule has 0 aliphatic heterocycles. The highest BCUT2D eigenvalue weighted by molar-refractivity contribution is 5.98. The normalized spacial score (nSPS) is 28.3. The Kier molecular flexibility index (Phi) is 3.88. The van der Waals surface area contributed by atoms with Crippen molar-refractivity contribution >= 4 is 5.78 Å². The first-order chi connectivity index (χ1) is 8.51. The summed E-state index contributed by atoms with van der Waals surface area (Å²) in [5.74, 6) is 1.87. The summed E-state index contributed by atoms with van der Waals surface area (Å²) in [5, 5.41) is 4.38. The minimum Gasteiger partial charge on any atom is -0.294 e. The van der Waals surface area contributed by atoms with Crippen LogP contribution in [0.1, 0.15) is 56.1 Å². The SMILES string of the molecule is CCc1nn(C)cc1C(=O)C1CC(C)CC(C)C1. The van der Waals surface area contributed by atoms with E-state index in [0.717, 1.165) is 30.5 Å². The first-order valence-electron chi connectivity index (χ1n) is 7.08. The maximum absolute atomic E-state index is 12.6. The molecule has 0 bridgehead atoms. The van der Waals surface area contributed by atoms with E-state index in [4.69, 9.17) is 0 Å². The summed E-state index contributed by atoms with van der Waals surface area (Å²) in [6.07, 6.45) is 6.07. The number of hydrogen-bond acceptors (Lipinski definition) is 2. The van der Waals surface area contributed by atoms with Gasteiger partial charge in [0.2, 0.25) is 0 Å². The number of carbonyl (C=O) groups excluding carboxylic acids is 1. The average molecular weight is 248 g/mol. The summed E-state index contributed by atoms with van der Waals surface area (Å²) in [6, 6.07) is 0. The van der Waals surface area contributed by atoms with Crippen LogP contribution in [-0.4, -0.2) is 15.6 Å². The first kappa shape index (κ1) is 13.3. The number of rotatable bonds is 3. The van der Waals surface area contributed by atoms with Crippen molar-refractivity contribution in [3.8, 4) is 0 Å². The van der Waals surface area contributed by atoms with Gasteiger partial charge in [0.1, 0.15) is 0 Å². The molecule has 1 heterocycles. The molecule has 1 aliphatic carbocycles. The van der Waals surface area contributed by atoms with E-state index in [9.17, 15) is 4.79 Å². The lowest BCUT2D eigenvalue weighted by molar-refractivity contribution is 0.0835. The Balaban J connectivity index is 2.19. The molecule has 0 saturated heterocycles. The molecule has 0 N–H and O–H groups in total. The maximum atomic E-state index is 12.6. The van der Waals surface area contributed by atoms with Gasteiger partial charge in [-0.25, -0.2) is 0 Å². The summed E-state index contributed by atoms with van der Waals surface area (Å²) in [4.78, 5) is 12.6. The highest BCUT2D eigenvalue weighted by atomic mass is 16.1. The number of ketones is 1. The zero-order valence-electron chi connectivity index (χ0n) is 11.9. The molecule has 2 unspecified atom stereocenters. The largest absolute Gasteiger partial charge is 0.294 e. The third kappa shape index (κ3) is 2.65. The summed E-state index contributed by atoms with van der Waals surface area (Å²) >= 11 is 0. The van der Waals surface area contributed by atoms with Crippen LogP contribution in [0.3, 0.4) is 0 Å². The molecule has 0 aromatic carbocycles. The van der Waals surface area contributed by atoms with Crippen LogP contribution in [0.2, 0.25) is 0 Å². The van der Waals surface area contributed by atoms with Crippen LogP contribution in [0.15, 0.2) is 6.20 Å². The average Bonchev–Trinajstić information content (AvgIpc) is 2.68. The topological polar surface area (TPSA) is 34.9 Å². The van der Waals surface area contributed by atoms with Gasteiger partial charge in [-0.15, -0.1) is 0 Å².